The average molecular weight is 410 g/mol. The lowest BCUT2D eigenvalue weighted by Gasteiger charge is -2.37. The van der Waals surface area contributed by atoms with Gasteiger partial charge in [0.15, 0.2) is 5.96 Å². The summed E-state index contributed by atoms with van der Waals surface area (Å²) in [6.45, 7) is 8.61. The summed E-state index contributed by atoms with van der Waals surface area (Å²) in [6.07, 6.45) is 2.42. The number of likely N-dealkylation sites (N-methyl/N-ethyl adjacent to an activating group) is 1. The Bertz CT molecular complexity index is 606. The average Bonchev–Trinajstić information content (AvgIpc) is 3.20. The largest absolute Gasteiger partial charge is 0.376 e. The van der Waals surface area contributed by atoms with Gasteiger partial charge < -0.3 is 20.3 Å². The van der Waals surface area contributed by atoms with Gasteiger partial charge >= 0.3 is 0 Å². The highest BCUT2D eigenvalue weighted by molar-refractivity contribution is 7.10. The maximum absolute atomic E-state index is 11.9. The third-order valence-corrected chi connectivity index (χ3v) is 5.72. The molecule has 0 aromatic carbocycles. The molecule has 0 aliphatic carbocycles. The SMILES string of the molecule is CCCCNC(=NCC(=O)N(C)C)NCC(c1cccs1)N1CCOC(C)C1. The lowest BCUT2D eigenvalue weighted by atomic mass is 10.1. The zero-order valence-electron chi connectivity index (χ0n) is 17.6. The van der Waals surface area contributed by atoms with Crippen LogP contribution in [0.15, 0.2) is 22.5 Å². The van der Waals surface area contributed by atoms with Gasteiger partial charge in [0, 0.05) is 45.2 Å². The number of rotatable bonds is 9. The summed E-state index contributed by atoms with van der Waals surface area (Å²) in [7, 11) is 3.50. The van der Waals surface area contributed by atoms with Crippen molar-refractivity contribution in [2.45, 2.75) is 38.8 Å². The van der Waals surface area contributed by atoms with Crippen LogP contribution in [0.5, 0.6) is 0 Å². The maximum Gasteiger partial charge on any atom is 0.243 e. The normalized spacial score (nSPS) is 19.3. The molecular weight excluding hydrogens is 374 g/mol. The molecule has 158 valence electrons. The maximum atomic E-state index is 11.9. The van der Waals surface area contributed by atoms with Gasteiger partial charge in [-0.05, 0) is 24.8 Å². The summed E-state index contributed by atoms with van der Waals surface area (Å²) >= 11 is 1.78. The van der Waals surface area contributed by atoms with E-state index in [1.165, 1.54) is 4.88 Å². The lowest BCUT2D eigenvalue weighted by Crippen LogP contribution is -2.48. The predicted octanol–water partition coefficient (Wildman–Crippen LogP) is 1.93. The molecule has 0 radical (unpaired) electrons. The molecule has 2 unspecified atom stereocenters. The molecule has 2 heterocycles. The Morgan fingerprint density at radius 3 is 2.93 bits per heavy atom. The molecule has 1 saturated heterocycles. The van der Waals surface area contributed by atoms with E-state index < -0.39 is 0 Å². The van der Waals surface area contributed by atoms with Crippen molar-refractivity contribution in [3.05, 3.63) is 22.4 Å². The van der Waals surface area contributed by atoms with Crippen LogP contribution in [0.1, 0.15) is 37.6 Å². The van der Waals surface area contributed by atoms with E-state index in [4.69, 9.17) is 4.74 Å². The van der Waals surface area contributed by atoms with E-state index in [2.05, 4.69) is 51.9 Å². The molecule has 2 rings (SSSR count). The fourth-order valence-corrected chi connectivity index (χ4v) is 3.92. The Kier molecular flexibility index (Phi) is 9.73. The third kappa shape index (κ3) is 7.41. The minimum Gasteiger partial charge on any atom is -0.376 e. The van der Waals surface area contributed by atoms with Gasteiger partial charge in [0.2, 0.25) is 5.91 Å². The molecule has 2 atom stereocenters. The van der Waals surface area contributed by atoms with Crippen LogP contribution >= 0.6 is 11.3 Å². The van der Waals surface area contributed by atoms with Crippen LogP contribution in [-0.4, -0.2) is 81.2 Å². The predicted molar refractivity (Wildman–Crippen MR) is 116 cm³/mol. The molecule has 0 saturated carbocycles. The van der Waals surface area contributed by atoms with Crippen molar-refractivity contribution >= 4 is 23.2 Å². The van der Waals surface area contributed by atoms with Crippen LogP contribution in [0.2, 0.25) is 0 Å². The molecular formula is C20H35N5O2S. The number of unbranched alkanes of at least 4 members (excludes halogenated alkanes) is 1. The van der Waals surface area contributed by atoms with Gasteiger partial charge in [-0.15, -0.1) is 11.3 Å². The Labute approximate surface area is 173 Å². The second kappa shape index (κ2) is 12.0. The van der Waals surface area contributed by atoms with E-state index in [1.54, 1.807) is 30.3 Å². The number of aliphatic imine (C=N–C) groups is 1. The molecule has 7 nitrogen and oxygen atoms in total. The Balaban J connectivity index is 2.04. The highest BCUT2D eigenvalue weighted by Gasteiger charge is 2.26. The Morgan fingerprint density at radius 2 is 2.29 bits per heavy atom. The quantitative estimate of drug-likeness (QED) is 0.371. The number of thiophene rings is 1. The molecule has 2 N–H and O–H groups in total. The summed E-state index contributed by atoms with van der Waals surface area (Å²) in [5, 5.41) is 8.94. The molecule has 1 aromatic heterocycles. The van der Waals surface area contributed by atoms with E-state index in [0.29, 0.717) is 5.96 Å². The number of morpholine rings is 1. The Hall–Kier alpha value is -1.64. The smallest absolute Gasteiger partial charge is 0.243 e. The molecule has 8 heteroatoms. The van der Waals surface area contributed by atoms with Crippen LogP contribution in [0, 0.1) is 0 Å². The van der Waals surface area contributed by atoms with E-state index in [0.717, 1.165) is 45.6 Å². The number of nitrogens with one attached hydrogen (secondary N) is 2. The van der Waals surface area contributed by atoms with Crippen molar-refractivity contribution in [3.8, 4) is 0 Å². The van der Waals surface area contributed by atoms with Gasteiger partial charge in [-0.25, -0.2) is 4.99 Å². The summed E-state index contributed by atoms with van der Waals surface area (Å²) in [6, 6.07) is 4.55. The molecule has 1 aliphatic rings. The van der Waals surface area contributed by atoms with E-state index in [9.17, 15) is 4.79 Å². The minimum atomic E-state index is -0.00611. The first-order valence-corrected chi connectivity index (χ1v) is 11.0. The number of hydrogen-bond donors (Lipinski definition) is 2. The number of hydrogen-bond acceptors (Lipinski definition) is 5. The van der Waals surface area contributed by atoms with Gasteiger partial charge in [0.25, 0.3) is 0 Å². The van der Waals surface area contributed by atoms with E-state index in [1.807, 2.05) is 0 Å². The Morgan fingerprint density at radius 1 is 1.46 bits per heavy atom. The number of amides is 1. The zero-order chi connectivity index (χ0) is 20.4. The lowest BCUT2D eigenvalue weighted by molar-refractivity contribution is -0.127. The van der Waals surface area contributed by atoms with Gasteiger partial charge in [-0.2, -0.15) is 0 Å². The summed E-state index contributed by atoms with van der Waals surface area (Å²) < 4.78 is 5.72. The van der Waals surface area contributed by atoms with E-state index >= 15 is 0 Å². The van der Waals surface area contributed by atoms with Crippen LogP contribution in [-0.2, 0) is 9.53 Å². The minimum absolute atomic E-state index is 0.00611. The molecule has 1 amide bonds. The van der Waals surface area contributed by atoms with Crippen molar-refractivity contribution < 1.29 is 9.53 Å². The summed E-state index contributed by atoms with van der Waals surface area (Å²) in [5.41, 5.74) is 0. The first-order valence-electron chi connectivity index (χ1n) is 10.1. The highest BCUT2D eigenvalue weighted by Crippen LogP contribution is 2.26. The molecule has 0 bridgehead atoms. The van der Waals surface area contributed by atoms with Crippen molar-refractivity contribution in [1.29, 1.82) is 0 Å². The van der Waals surface area contributed by atoms with E-state index in [-0.39, 0.29) is 24.6 Å². The summed E-state index contributed by atoms with van der Waals surface area (Å²) in [5.74, 6) is 0.694. The van der Waals surface area contributed by atoms with Gasteiger partial charge in [-0.3, -0.25) is 9.69 Å². The molecule has 1 aliphatic heterocycles. The van der Waals surface area contributed by atoms with Crippen molar-refractivity contribution in [2.75, 3.05) is 53.4 Å². The fourth-order valence-electron chi connectivity index (χ4n) is 3.06. The van der Waals surface area contributed by atoms with Gasteiger partial charge in [-0.1, -0.05) is 19.4 Å². The number of nitrogens with zero attached hydrogens (tertiary/aromatic N) is 3. The van der Waals surface area contributed by atoms with Crippen molar-refractivity contribution in [1.82, 2.24) is 20.4 Å². The van der Waals surface area contributed by atoms with Crippen molar-refractivity contribution in [3.63, 3.8) is 0 Å². The second-order valence-corrected chi connectivity index (χ2v) is 8.30. The van der Waals surface area contributed by atoms with Crippen LogP contribution in [0.3, 0.4) is 0 Å². The van der Waals surface area contributed by atoms with Crippen LogP contribution < -0.4 is 10.6 Å². The third-order valence-electron chi connectivity index (χ3n) is 4.74. The molecule has 1 aromatic rings. The molecule has 0 spiro atoms. The number of carbonyl (C=O) groups excluding carboxylic acids is 1. The number of guanidine groups is 1. The standard InChI is InChI=1S/C20H35N5O2S/c1-5-6-9-21-20(23-14-19(26)24(3)4)22-13-17(18-8-7-12-28-18)25-10-11-27-16(2)15-25/h7-8,12,16-17H,5-6,9-11,13-15H2,1-4H3,(H2,21,22,23). The number of carbonyl (C=O) groups is 1. The topological polar surface area (TPSA) is 69.2 Å². The highest BCUT2D eigenvalue weighted by atomic mass is 32.1. The zero-order valence-corrected chi connectivity index (χ0v) is 18.4. The van der Waals surface area contributed by atoms with Crippen molar-refractivity contribution in [2.24, 2.45) is 4.99 Å². The van der Waals surface area contributed by atoms with Crippen LogP contribution in [0.25, 0.3) is 0 Å². The molecule has 28 heavy (non-hydrogen) atoms. The first-order chi connectivity index (χ1) is 13.5. The number of ether oxygens (including phenoxy) is 1. The second-order valence-electron chi connectivity index (χ2n) is 7.32. The summed E-state index contributed by atoms with van der Waals surface area (Å²) in [4.78, 5) is 21.8. The van der Waals surface area contributed by atoms with Gasteiger partial charge in [0.1, 0.15) is 6.54 Å². The van der Waals surface area contributed by atoms with Gasteiger partial charge in [0.05, 0.1) is 18.8 Å². The monoisotopic (exact) mass is 409 g/mol. The van der Waals surface area contributed by atoms with Crippen LogP contribution in [0.4, 0.5) is 0 Å². The molecule has 1 fully saturated rings. The first kappa shape index (κ1) is 22.6. The fraction of sp³-hybridized carbons (Fsp3) is 0.700.